The molecule has 0 spiro atoms. The minimum Gasteiger partial charge on any atom is -0.390 e. The molecule has 0 amide bonds. The third-order valence-electron chi connectivity index (χ3n) is 9.28. The fourth-order valence-corrected chi connectivity index (χ4v) is 6.23. The van der Waals surface area contributed by atoms with Crippen molar-refractivity contribution in [2.45, 2.75) is 165 Å². The lowest BCUT2D eigenvalue weighted by Gasteiger charge is -2.48. The molecule has 1 saturated carbocycles. The molecule has 2 heterocycles. The first-order valence-corrected chi connectivity index (χ1v) is 17.0. The summed E-state index contributed by atoms with van der Waals surface area (Å²) in [5, 5.41) is 42.9. The lowest BCUT2D eigenvalue weighted by atomic mass is 9.84. The zero-order valence-corrected chi connectivity index (χ0v) is 28.7. The van der Waals surface area contributed by atoms with E-state index >= 15 is 0 Å². The Hall–Kier alpha value is -1.59. The van der Waals surface area contributed by atoms with E-state index in [4.69, 9.17) is 41.9 Å². The maximum atomic E-state index is 11.3. The molecule has 2 saturated heterocycles. The fraction of sp³-hybridized carbons (Fsp3) is 0.794. The van der Waals surface area contributed by atoms with E-state index in [-0.39, 0.29) is 19.4 Å². The molecule has 14 unspecified atom stereocenters. The van der Waals surface area contributed by atoms with Crippen molar-refractivity contribution < 1.29 is 39.4 Å². The van der Waals surface area contributed by atoms with Gasteiger partial charge in [-0.25, -0.2) is 0 Å². The standard InChI is InChI=1S/C34H61N5O8/c1-6-25-28(41)27(38)29(42)34(44-25)47-32-22(36)15-21(35)31(30(32)43)46-33-23(37)16-24(40)26(45-33)17-39-14-13-20(5)12-8-11-19(4)10-7-9-18(2)3/h9,11,13-14,21-34,40-43H,6-8,10,12,15-17,35-38H2,1-5H3/b19-11+,20-13+,39-14+. The van der Waals surface area contributed by atoms with Gasteiger partial charge in [0.2, 0.25) is 0 Å². The van der Waals surface area contributed by atoms with Crippen LogP contribution in [0.1, 0.15) is 79.6 Å². The Bertz CT molecular complexity index is 1080. The quantitative estimate of drug-likeness (QED) is 0.0942. The molecule has 3 aliphatic rings. The summed E-state index contributed by atoms with van der Waals surface area (Å²) in [6.45, 7) is 10.5. The minimum absolute atomic E-state index is 0.193. The molecule has 0 aromatic rings. The van der Waals surface area contributed by atoms with E-state index in [1.807, 2.05) is 13.0 Å². The van der Waals surface area contributed by atoms with E-state index in [1.54, 1.807) is 6.21 Å². The lowest BCUT2D eigenvalue weighted by Crippen LogP contribution is -2.67. The van der Waals surface area contributed by atoms with Crippen molar-refractivity contribution >= 4 is 6.21 Å². The van der Waals surface area contributed by atoms with Crippen LogP contribution >= 0.6 is 0 Å². The third-order valence-corrected chi connectivity index (χ3v) is 9.28. The van der Waals surface area contributed by atoms with Crippen LogP contribution in [0.15, 0.2) is 39.9 Å². The molecule has 2 aliphatic heterocycles. The second kappa shape index (κ2) is 19.0. The first kappa shape index (κ1) is 39.8. The Morgan fingerprint density at radius 3 is 1.98 bits per heavy atom. The second-order valence-electron chi connectivity index (χ2n) is 13.7. The molecule has 14 atom stereocenters. The SMILES string of the molecule is CCC1OC(OC2C(N)CC(N)C(OC3OC(C/N=C/C=C(\C)CC/C=C(\C)CCC=C(C)C)C(O)CC3N)C2O)C(O)C(N)C1O. The van der Waals surface area contributed by atoms with Crippen LogP contribution in [0, 0.1) is 0 Å². The average Bonchev–Trinajstić information content (AvgIpc) is 3.00. The molecule has 12 N–H and O–H groups in total. The van der Waals surface area contributed by atoms with E-state index in [0.717, 1.165) is 25.7 Å². The van der Waals surface area contributed by atoms with Gasteiger partial charge in [0, 0.05) is 18.3 Å². The highest BCUT2D eigenvalue weighted by Crippen LogP contribution is 2.31. The monoisotopic (exact) mass is 667 g/mol. The van der Waals surface area contributed by atoms with E-state index in [2.05, 4.69) is 44.8 Å². The van der Waals surface area contributed by atoms with Crippen LogP contribution in [0.25, 0.3) is 0 Å². The van der Waals surface area contributed by atoms with Crippen LogP contribution in [0.4, 0.5) is 0 Å². The van der Waals surface area contributed by atoms with Gasteiger partial charge in [0.1, 0.15) is 30.5 Å². The number of nitrogens with two attached hydrogens (primary N) is 4. The number of aliphatic imine (C=N–C) groups is 1. The van der Waals surface area contributed by atoms with Crippen LogP contribution in [-0.4, -0.2) is 119 Å². The first-order chi connectivity index (χ1) is 22.2. The number of aliphatic hydroxyl groups excluding tert-OH is 4. The van der Waals surface area contributed by atoms with Gasteiger partial charge in [0.15, 0.2) is 12.6 Å². The molecule has 3 rings (SSSR count). The van der Waals surface area contributed by atoms with E-state index in [1.165, 1.54) is 16.7 Å². The summed E-state index contributed by atoms with van der Waals surface area (Å²) >= 11 is 0. The van der Waals surface area contributed by atoms with Gasteiger partial charge in [0.25, 0.3) is 0 Å². The molecule has 1 aliphatic carbocycles. The lowest BCUT2D eigenvalue weighted by molar-refractivity contribution is -0.312. The molecule has 0 aromatic carbocycles. The summed E-state index contributed by atoms with van der Waals surface area (Å²) < 4.78 is 23.9. The molecule has 0 bridgehead atoms. The molecule has 13 nitrogen and oxygen atoms in total. The van der Waals surface area contributed by atoms with E-state index < -0.39 is 85.6 Å². The summed E-state index contributed by atoms with van der Waals surface area (Å²) in [6.07, 6.45) is 3.02. The van der Waals surface area contributed by atoms with Gasteiger partial charge in [-0.3, -0.25) is 4.99 Å². The number of ether oxygens (including phenoxy) is 4. The number of allylic oxidation sites excluding steroid dienone is 6. The third kappa shape index (κ3) is 11.5. The largest absolute Gasteiger partial charge is 0.390 e. The molecular formula is C34H61N5O8. The smallest absolute Gasteiger partial charge is 0.186 e. The fourth-order valence-electron chi connectivity index (χ4n) is 6.23. The van der Waals surface area contributed by atoms with Crippen molar-refractivity contribution in [2.24, 2.45) is 27.9 Å². The van der Waals surface area contributed by atoms with Crippen LogP contribution in [-0.2, 0) is 18.9 Å². The maximum absolute atomic E-state index is 11.3. The molecule has 270 valence electrons. The summed E-state index contributed by atoms with van der Waals surface area (Å²) in [5.41, 5.74) is 28.9. The van der Waals surface area contributed by atoms with Crippen molar-refractivity contribution in [2.75, 3.05) is 6.54 Å². The average molecular weight is 668 g/mol. The normalized spacial score (nSPS) is 40.5. The van der Waals surface area contributed by atoms with Gasteiger partial charge >= 0.3 is 0 Å². The molecule has 0 radical (unpaired) electrons. The zero-order valence-electron chi connectivity index (χ0n) is 28.7. The van der Waals surface area contributed by atoms with Gasteiger partial charge in [-0.15, -0.1) is 0 Å². The Balaban J connectivity index is 1.55. The number of hydrogen-bond acceptors (Lipinski definition) is 13. The number of aliphatic hydroxyl groups is 4. The molecule has 47 heavy (non-hydrogen) atoms. The second-order valence-corrected chi connectivity index (χ2v) is 13.7. The first-order valence-electron chi connectivity index (χ1n) is 17.0. The van der Waals surface area contributed by atoms with Crippen molar-refractivity contribution in [3.8, 4) is 0 Å². The number of nitrogens with zero attached hydrogens (tertiary/aromatic N) is 1. The number of hydrogen-bond donors (Lipinski definition) is 8. The highest BCUT2D eigenvalue weighted by Gasteiger charge is 2.50. The minimum atomic E-state index is -1.35. The van der Waals surface area contributed by atoms with Crippen LogP contribution in [0.2, 0.25) is 0 Å². The van der Waals surface area contributed by atoms with Crippen molar-refractivity contribution in [1.29, 1.82) is 0 Å². The molecular weight excluding hydrogens is 606 g/mol. The molecule has 0 aromatic heterocycles. The zero-order chi connectivity index (χ0) is 34.8. The summed E-state index contributed by atoms with van der Waals surface area (Å²) in [5.74, 6) is 0. The number of rotatable bonds is 14. The van der Waals surface area contributed by atoms with Gasteiger partial charge < -0.3 is 62.3 Å². The van der Waals surface area contributed by atoms with Crippen molar-refractivity contribution in [1.82, 2.24) is 0 Å². The Morgan fingerprint density at radius 1 is 0.745 bits per heavy atom. The van der Waals surface area contributed by atoms with Crippen LogP contribution < -0.4 is 22.9 Å². The Kier molecular flexibility index (Phi) is 16.1. The predicted octanol–water partition coefficient (Wildman–Crippen LogP) is 0.653. The van der Waals surface area contributed by atoms with Crippen molar-refractivity contribution in [3.05, 3.63) is 34.9 Å². The van der Waals surface area contributed by atoms with Gasteiger partial charge in [-0.05, 0) is 78.7 Å². The van der Waals surface area contributed by atoms with Crippen molar-refractivity contribution in [3.63, 3.8) is 0 Å². The highest BCUT2D eigenvalue weighted by atomic mass is 16.7. The van der Waals surface area contributed by atoms with Crippen LogP contribution in [0.5, 0.6) is 0 Å². The van der Waals surface area contributed by atoms with E-state index in [9.17, 15) is 20.4 Å². The Labute approximate surface area is 280 Å². The van der Waals surface area contributed by atoms with Gasteiger partial charge in [0.05, 0.1) is 36.9 Å². The molecule has 3 fully saturated rings. The topological polar surface area (TPSA) is 234 Å². The predicted molar refractivity (Wildman–Crippen MR) is 181 cm³/mol. The van der Waals surface area contributed by atoms with Crippen LogP contribution in [0.3, 0.4) is 0 Å². The van der Waals surface area contributed by atoms with Gasteiger partial charge in [-0.1, -0.05) is 35.8 Å². The summed E-state index contributed by atoms with van der Waals surface area (Å²) in [4.78, 5) is 4.46. The van der Waals surface area contributed by atoms with Gasteiger partial charge in [-0.2, -0.15) is 0 Å². The molecule has 13 heteroatoms. The Morgan fingerprint density at radius 2 is 1.34 bits per heavy atom. The summed E-state index contributed by atoms with van der Waals surface area (Å²) in [7, 11) is 0. The maximum Gasteiger partial charge on any atom is 0.186 e. The van der Waals surface area contributed by atoms with E-state index in [0.29, 0.717) is 6.42 Å². The highest BCUT2D eigenvalue weighted by molar-refractivity contribution is 5.72. The summed E-state index contributed by atoms with van der Waals surface area (Å²) in [6, 6.07) is -3.06.